The second kappa shape index (κ2) is 8.64. The van der Waals surface area contributed by atoms with E-state index >= 15 is 0 Å². The van der Waals surface area contributed by atoms with E-state index in [0.29, 0.717) is 17.4 Å². The summed E-state index contributed by atoms with van der Waals surface area (Å²) >= 11 is 0. The molecule has 0 aliphatic carbocycles. The summed E-state index contributed by atoms with van der Waals surface area (Å²) in [4.78, 5) is 16.5. The number of nitrogens with one attached hydrogen (secondary N) is 3. The monoisotopic (exact) mass is 397 g/mol. The molecule has 154 valence electrons. The van der Waals surface area contributed by atoms with Crippen LogP contribution in [0.15, 0.2) is 36.5 Å². The second-order valence-electron chi connectivity index (χ2n) is 7.24. The molecule has 9 nitrogen and oxygen atoms in total. The molecule has 5 N–H and O–H groups in total. The Morgan fingerprint density at radius 2 is 1.93 bits per heavy atom. The van der Waals surface area contributed by atoms with E-state index in [1.165, 1.54) is 5.69 Å². The summed E-state index contributed by atoms with van der Waals surface area (Å²) in [7, 11) is 1.83. The smallest absolute Gasteiger partial charge is 0.231 e. The lowest BCUT2D eigenvalue weighted by Gasteiger charge is -2.29. The Labute approximate surface area is 169 Å². The molecular formula is C20H27N7O2. The van der Waals surface area contributed by atoms with Crippen LogP contribution in [0.1, 0.15) is 0 Å². The summed E-state index contributed by atoms with van der Waals surface area (Å²) in [5.41, 5.74) is 2.82. The van der Waals surface area contributed by atoms with Crippen molar-refractivity contribution in [3.8, 4) is 0 Å². The summed E-state index contributed by atoms with van der Waals surface area (Å²) in [6, 6.07) is 10.2. The third-order valence-corrected chi connectivity index (χ3v) is 5.06. The van der Waals surface area contributed by atoms with Crippen molar-refractivity contribution in [2.45, 2.75) is 6.10 Å². The predicted molar refractivity (Wildman–Crippen MR) is 115 cm³/mol. The van der Waals surface area contributed by atoms with E-state index in [0.717, 1.165) is 37.3 Å². The van der Waals surface area contributed by atoms with Crippen molar-refractivity contribution in [1.29, 1.82) is 0 Å². The van der Waals surface area contributed by atoms with E-state index in [2.05, 4.69) is 42.6 Å². The first-order valence-electron chi connectivity index (χ1n) is 9.82. The van der Waals surface area contributed by atoms with E-state index in [4.69, 9.17) is 5.11 Å². The van der Waals surface area contributed by atoms with Crippen molar-refractivity contribution in [2.75, 3.05) is 61.5 Å². The van der Waals surface area contributed by atoms with Gasteiger partial charge >= 0.3 is 0 Å². The van der Waals surface area contributed by atoms with Crippen LogP contribution in [0.3, 0.4) is 0 Å². The summed E-state index contributed by atoms with van der Waals surface area (Å²) in [6.45, 7) is 4.00. The number of rotatable bonds is 7. The van der Waals surface area contributed by atoms with Crippen LogP contribution in [0, 0.1) is 0 Å². The van der Waals surface area contributed by atoms with Gasteiger partial charge < -0.3 is 35.6 Å². The van der Waals surface area contributed by atoms with Gasteiger partial charge in [0.05, 0.1) is 18.1 Å². The van der Waals surface area contributed by atoms with E-state index in [1.807, 2.05) is 36.3 Å². The third-order valence-electron chi connectivity index (χ3n) is 5.06. The van der Waals surface area contributed by atoms with Gasteiger partial charge in [0, 0.05) is 57.3 Å². The highest BCUT2D eigenvalue weighted by atomic mass is 16.3. The number of piperazine rings is 1. The number of anilines is 4. The summed E-state index contributed by atoms with van der Waals surface area (Å²) in [5.74, 6) is 1.15. The first-order chi connectivity index (χ1) is 14.1. The number of aromatic nitrogens is 3. The Hall–Kier alpha value is -2.88. The van der Waals surface area contributed by atoms with Crippen LogP contribution in [0.25, 0.3) is 11.0 Å². The molecule has 1 aliphatic heterocycles. The fourth-order valence-electron chi connectivity index (χ4n) is 3.54. The first kappa shape index (κ1) is 19.4. The molecule has 0 spiro atoms. The Kier molecular flexibility index (Phi) is 5.79. The van der Waals surface area contributed by atoms with Gasteiger partial charge in [-0.2, -0.15) is 9.97 Å². The fourth-order valence-corrected chi connectivity index (χ4v) is 3.54. The molecule has 4 rings (SSSR count). The zero-order valence-electron chi connectivity index (χ0n) is 16.5. The molecule has 1 atom stereocenters. The van der Waals surface area contributed by atoms with Gasteiger partial charge in [0.2, 0.25) is 5.95 Å². The molecule has 0 amide bonds. The normalized spacial score (nSPS) is 15.5. The van der Waals surface area contributed by atoms with Crippen LogP contribution in [0.2, 0.25) is 0 Å². The third kappa shape index (κ3) is 4.42. The molecule has 1 fully saturated rings. The number of nitrogens with zero attached hydrogens (tertiary/aromatic N) is 4. The zero-order chi connectivity index (χ0) is 20.2. The van der Waals surface area contributed by atoms with Gasteiger partial charge in [-0.05, 0) is 30.3 Å². The molecule has 1 aromatic carbocycles. The van der Waals surface area contributed by atoms with Crippen LogP contribution in [-0.2, 0) is 0 Å². The Morgan fingerprint density at radius 1 is 1.17 bits per heavy atom. The minimum atomic E-state index is -0.835. The molecule has 0 bridgehead atoms. The lowest BCUT2D eigenvalue weighted by Crippen LogP contribution is -2.43. The molecule has 2 aromatic heterocycles. The van der Waals surface area contributed by atoms with Crippen molar-refractivity contribution in [3.63, 3.8) is 0 Å². The maximum absolute atomic E-state index is 9.78. The number of H-pyrrole nitrogens is 1. The minimum Gasteiger partial charge on any atom is -0.394 e. The number of aromatic amines is 1. The lowest BCUT2D eigenvalue weighted by atomic mass is 10.2. The largest absolute Gasteiger partial charge is 0.394 e. The van der Waals surface area contributed by atoms with E-state index < -0.39 is 6.10 Å². The van der Waals surface area contributed by atoms with Gasteiger partial charge in [-0.1, -0.05) is 0 Å². The van der Waals surface area contributed by atoms with Gasteiger partial charge in [0.1, 0.15) is 11.5 Å². The Balaban J connectivity index is 1.54. The van der Waals surface area contributed by atoms with Crippen LogP contribution >= 0.6 is 0 Å². The fraction of sp³-hybridized carbons (Fsp3) is 0.400. The minimum absolute atomic E-state index is 0.270. The van der Waals surface area contributed by atoms with Crippen molar-refractivity contribution in [3.05, 3.63) is 36.5 Å². The molecule has 0 saturated carbocycles. The highest BCUT2D eigenvalue weighted by molar-refractivity contribution is 5.88. The van der Waals surface area contributed by atoms with Gasteiger partial charge in [0.15, 0.2) is 0 Å². The van der Waals surface area contributed by atoms with Gasteiger partial charge in [0.25, 0.3) is 0 Å². The van der Waals surface area contributed by atoms with Crippen LogP contribution in [0.5, 0.6) is 0 Å². The van der Waals surface area contributed by atoms with Crippen molar-refractivity contribution < 1.29 is 10.2 Å². The maximum Gasteiger partial charge on any atom is 0.231 e. The maximum atomic E-state index is 9.78. The van der Waals surface area contributed by atoms with Crippen molar-refractivity contribution in [1.82, 2.24) is 20.3 Å². The summed E-state index contributed by atoms with van der Waals surface area (Å²) < 4.78 is 0. The standard InChI is InChI=1S/C20H27N7O2/c1-26(12-16(29)13-28)19-17-6-7-22-18(17)24-20(25-19)23-14-2-4-15(5-3-14)27-10-8-21-9-11-27/h2-7,16,21,28-29H,8-13H2,1H3,(H2,22,23,24,25). The Bertz CT molecular complexity index is 938. The highest BCUT2D eigenvalue weighted by Gasteiger charge is 2.16. The summed E-state index contributed by atoms with van der Waals surface area (Å²) in [5, 5.41) is 26.4. The number of aliphatic hydroxyl groups is 2. The second-order valence-corrected chi connectivity index (χ2v) is 7.24. The van der Waals surface area contributed by atoms with E-state index in [9.17, 15) is 5.11 Å². The average molecular weight is 397 g/mol. The number of fused-ring (bicyclic) bond motifs is 1. The van der Waals surface area contributed by atoms with Gasteiger partial charge in [-0.15, -0.1) is 0 Å². The zero-order valence-corrected chi connectivity index (χ0v) is 16.5. The molecule has 3 heterocycles. The number of hydrogen-bond acceptors (Lipinski definition) is 8. The number of likely N-dealkylation sites (N-methyl/N-ethyl adjacent to an activating group) is 1. The van der Waals surface area contributed by atoms with Crippen molar-refractivity contribution in [2.24, 2.45) is 0 Å². The van der Waals surface area contributed by atoms with E-state index in [1.54, 1.807) is 0 Å². The SMILES string of the molecule is CN(CC(O)CO)c1nc(Nc2ccc(N3CCNCC3)cc2)nc2[nH]ccc12. The molecule has 9 heteroatoms. The molecule has 0 radical (unpaired) electrons. The van der Waals surface area contributed by atoms with Crippen LogP contribution < -0.4 is 20.4 Å². The average Bonchev–Trinajstić information content (AvgIpc) is 3.22. The predicted octanol–water partition coefficient (Wildman–Crippen LogP) is 0.901. The Morgan fingerprint density at radius 3 is 2.66 bits per heavy atom. The van der Waals surface area contributed by atoms with Gasteiger partial charge in [-0.3, -0.25) is 0 Å². The van der Waals surface area contributed by atoms with Gasteiger partial charge in [-0.25, -0.2) is 0 Å². The number of benzene rings is 1. The molecule has 29 heavy (non-hydrogen) atoms. The number of hydrogen-bond donors (Lipinski definition) is 5. The van der Waals surface area contributed by atoms with E-state index in [-0.39, 0.29) is 13.2 Å². The molecule has 1 saturated heterocycles. The molecular weight excluding hydrogens is 370 g/mol. The topological polar surface area (TPSA) is 113 Å². The lowest BCUT2D eigenvalue weighted by molar-refractivity contribution is 0.101. The van der Waals surface area contributed by atoms with Crippen molar-refractivity contribution >= 4 is 34.2 Å². The van der Waals surface area contributed by atoms with Crippen LogP contribution in [0.4, 0.5) is 23.1 Å². The number of aliphatic hydroxyl groups excluding tert-OH is 2. The summed E-state index contributed by atoms with van der Waals surface area (Å²) in [6.07, 6.45) is 0.975. The highest BCUT2D eigenvalue weighted by Crippen LogP contribution is 2.26. The molecule has 1 aliphatic rings. The quantitative estimate of drug-likeness (QED) is 0.400. The first-order valence-corrected chi connectivity index (χ1v) is 9.82. The van der Waals surface area contributed by atoms with Crippen LogP contribution in [-0.4, -0.2) is 77.6 Å². The molecule has 1 unspecified atom stereocenters. The molecule has 3 aromatic rings.